The highest BCUT2D eigenvalue weighted by Crippen LogP contribution is 2.23. The highest BCUT2D eigenvalue weighted by atomic mass is 35.5. The lowest BCUT2D eigenvalue weighted by Gasteiger charge is -2.35. The quantitative estimate of drug-likeness (QED) is 0.570. The third-order valence-electron chi connectivity index (χ3n) is 5.03. The summed E-state index contributed by atoms with van der Waals surface area (Å²) in [5.74, 6) is -0.313. The van der Waals surface area contributed by atoms with Gasteiger partial charge >= 0.3 is 0 Å². The lowest BCUT2D eigenvalue weighted by atomic mass is 10.2. The predicted octanol–water partition coefficient (Wildman–Crippen LogP) is 3.19. The zero-order chi connectivity index (χ0) is 22.2. The molecule has 3 aromatic rings. The van der Waals surface area contributed by atoms with Crippen molar-refractivity contribution in [2.24, 2.45) is 0 Å². The van der Waals surface area contributed by atoms with Crippen LogP contribution < -0.4 is 10.5 Å². The zero-order valence-corrected chi connectivity index (χ0v) is 18.4. The van der Waals surface area contributed by atoms with Gasteiger partial charge in [0.05, 0.1) is 21.8 Å². The second-order valence-corrected chi connectivity index (χ2v) is 9.61. The van der Waals surface area contributed by atoms with Crippen molar-refractivity contribution in [1.82, 2.24) is 14.1 Å². The Kier molecular flexibility index (Phi) is 6.02. The molecule has 0 spiro atoms. The minimum atomic E-state index is -3.71. The van der Waals surface area contributed by atoms with Crippen LogP contribution >= 0.6 is 23.2 Å². The number of halogens is 3. The van der Waals surface area contributed by atoms with Gasteiger partial charge in [-0.3, -0.25) is 4.79 Å². The molecular formula is C20H17Cl2FN4O3S. The fourth-order valence-corrected chi connectivity index (χ4v) is 5.02. The minimum absolute atomic E-state index is 0.0434. The van der Waals surface area contributed by atoms with E-state index in [1.54, 1.807) is 12.1 Å². The van der Waals surface area contributed by atoms with Crippen molar-refractivity contribution in [3.05, 3.63) is 80.9 Å². The SMILES string of the molecule is O=c1c(Cl)c(Cl)cnn1-c1ccc(S(=O)(=O)N2CCN(c3ccc(F)cc3)CC2)cc1. The molecule has 1 saturated heterocycles. The van der Waals surface area contributed by atoms with E-state index in [0.29, 0.717) is 31.9 Å². The first-order chi connectivity index (χ1) is 14.8. The number of aromatic nitrogens is 2. The first-order valence-corrected chi connectivity index (χ1v) is 11.5. The van der Waals surface area contributed by atoms with Gasteiger partial charge in [-0.15, -0.1) is 0 Å². The summed E-state index contributed by atoms with van der Waals surface area (Å²) in [4.78, 5) is 14.3. The molecule has 2 aromatic carbocycles. The summed E-state index contributed by atoms with van der Waals surface area (Å²) in [6.07, 6.45) is 1.25. The van der Waals surface area contributed by atoms with Crippen LogP contribution in [0.3, 0.4) is 0 Å². The second kappa shape index (κ2) is 8.58. The molecule has 0 radical (unpaired) electrons. The van der Waals surface area contributed by atoms with Gasteiger partial charge in [0, 0.05) is 31.9 Å². The van der Waals surface area contributed by atoms with Crippen molar-refractivity contribution in [3.8, 4) is 5.69 Å². The van der Waals surface area contributed by atoms with Crippen LogP contribution in [-0.2, 0) is 10.0 Å². The molecule has 0 aliphatic carbocycles. The average Bonchev–Trinajstić information content (AvgIpc) is 2.78. The van der Waals surface area contributed by atoms with Crippen molar-refractivity contribution in [1.29, 1.82) is 0 Å². The Hall–Kier alpha value is -2.46. The minimum Gasteiger partial charge on any atom is -0.369 e. The molecule has 162 valence electrons. The fourth-order valence-electron chi connectivity index (χ4n) is 3.34. The van der Waals surface area contributed by atoms with Gasteiger partial charge in [-0.25, -0.2) is 12.8 Å². The van der Waals surface area contributed by atoms with Crippen LogP contribution in [-0.4, -0.2) is 48.7 Å². The molecule has 0 saturated carbocycles. The molecule has 1 fully saturated rings. The summed E-state index contributed by atoms with van der Waals surface area (Å²) in [7, 11) is -3.71. The highest BCUT2D eigenvalue weighted by molar-refractivity contribution is 7.89. The maximum absolute atomic E-state index is 13.1. The summed E-state index contributed by atoms with van der Waals surface area (Å²) in [5, 5.41) is 3.82. The van der Waals surface area contributed by atoms with Gasteiger partial charge in [-0.2, -0.15) is 14.1 Å². The monoisotopic (exact) mass is 482 g/mol. The van der Waals surface area contributed by atoms with E-state index in [9.17, 15) is 17.6 Å². The van der Waals surface area contributed by atoms with Crippen molar-refractivity contribution in [2.75, 3.05) is 31.1 Å². The third-order valence-corrected chi connectivity index (χ3v) is 7.69. The van der Waals surface area contributed by atoms with E-state index < -0.39 is 15.6 Å². The molecular weight excluding hydrogens is 466 g/mol. The summed E-state index contributed by atoms with van der Waals surface area (Å²) < 4.78 is 41.6. The Labute approximate surface area is 188 Å². The molecule has 0 N–H and O–H groups in total. The van der Waals surface area contributed by atoms with Crippen LogP contribution in [0, 0.1) is 5.82 Å². The Bertz CT molecular complexity index is 1260. The van der Waals surface area contributed by atoms with E-state index in [2.05, 4.69) is 5.10 Å². The van der Waals surface area contributed by atoms with Gasteiger partial charge in [-0.05, 0) is 48.5 Å². The lowest BCUT2D eigenvalue weighted by molar-refractivity contribution is 0.385. The van der Waals surface area contributed by atoms with Gasteiger partial charge < -0.3 is 4.90 Å². The number of nitrogens with zero attached hydrogens (tertiary/aromatic N) is 4. The van der Waals surface area contributed by atoms with Crippen LogP contribution in [0.25, 0.3) is 5.69 Å². The van der Waals surface area contributed by atoms with E-state index >= 15 is 0 Å². The Morgan fingerprint density at radius 3 is 2.06 bits per heavy atom. The third kappa shape index (κ3) is 4.31. The molecule has 1 aliphatic heterocycles. The molecule has 0 amide bonds. The predicted molar refractivity (Wildman–Crippen MR) is 117 cm³/mol. The molecule has 31 heavy (non-hydrogen) atoms. The van der Waals surface area contributed by atoms with Crippen molar-refractivity contribution in [2.45, 2.75) is 4.90 Å². The molecule has 1 aromatic heterocycles. The number of rotatable bonds is 4. The first kappa shape index (κ1) is 21.8. The molecule has 0 bridgehead atoms. The number of sulfonamides is 1. The molecule has 0 atom stereocenters. The van der Waals surface area contributed by atoms with E-state index in [-0.39, 0.29) is 20.8 Å². The highest BCUT2D eigenvalue weighted by Gasteiger charge is 2.28. The largest absolute Gasteiger partial charge is 0.369 e. The summed E-state index contributed by atoms with van der Waals surface area (Å²) in [6, 6.07) is 11.9. The maximum atomic E-state index is 13.1. The number of piperazine rings is 1. The van der Waals surface area contributed by atoms with Crippen LogP contribution in [0.5, 0.6) is 0 Å². The van der Waals surface area contributed by atoms with Gasteiger partial charge in [0.15, 0.2) is 0 Å². The van der Waals surface area contributed by atoms with Gasteiger partial charge in [0.1, 0.15) is 10.8 Å². The van der Waals surface area contributed by atoms with E-state index in [4.69, 9.17) is 23.2 Å². The van der Waals surface area contributed by atoms with Crippen LogP contribution in [0.4, 0.5) is 10.1 Å². The topological polar surface area (TPSA) is 75.5 Å². The molecule has 7 nitrogen and oxygen atoms in total. The normalized spacial score (nSPS) is 15.3. The standard InChI is InChI=1S/C20H17Cl2FN4O3S/c21-18-13-24-27(20(28)19(18)22)16-5-7-17(8-6-16)31(29,30)26-11-9-25(10-12-26)15-3-1-14(23)2-4-15/h1-8,13H,9-12H2. The van der Waals surface area contributed by atoms with Crippen molar-refractivity contribution >= 4 is 38.9 Å². The number of benzene rings is 2. The first-order valence-electron chi connectivity index (χ1n) is 9.32. The van der Waals surface area contributed by atoms with Crippen molar-refractivity contribution < 1.29 is 12.8 Å². The molecule has 11 heteroatoms. The summed E-state index contributed by atoms with van der Waals surface area (Å²) in [5.41, 5.74) is 0.618. The van der Waals surface area contributed by atoms with Crippen LogP contribution in [0.15, 0.2) is 64.4 Å². The molecule has 4 rings (SSSR count). The van der Waals surface area contributed by atoms with Crippen LogP contribution in [0.2, 0.25) is 10.0 Å². The Morgan fingerprint density at radius 1 is 0.871 bits per heavy atom. The van der Waals surface area contributed by atoms with Gasteiger partial charge in [-0.1, -0.05) is 23.2 Å². The molecule has 0 unspecified atom stereocenters. The fraction of sp³-hybridized carbons (Fsp3) is 0.200. The van der Waals surface area contributed by atoms with E-state index in [0.717, 1.165) is 10.4 Å². The van der Waals surface area contributed by atoms with Gasteiger partial charge in [0.2, 0.25) is 10.0 Å². The number of hydrogen-bond acceptors (Lipinski definition) is 5. The smallest absolute Gasteiger partial charge is 0.291 e. The summed E-state index contributed by atoms with van der Waals surface area (Å²) in [6.45, 7) is 1.58. The number of anilines is 1. The second-order valence-electron chi connectivity index (χ2n) is 6.88. The van der Waals surface area contributed by atoms with Crippen LogP contribution in [0.1, 0.15) is 0 Å². The molecule has 1 aliphatic rings. The zero-order valence-electron chi connectivity index (χ0n) is 16.1. The molecule has 2 heterocycles. The number of hydrogen-bond donors (Lipinski definition) is 0. The Morgan fingerprint density at radius 2 is 1.45 bits per heavy atom. The maximum Gasteiger partial charge on any atom is 0.291 e. The van der Waals surface area contributed by atoms with Gasteiger partial charge in [0.25, 0.3) is 5.56 Å². The van der Waals surface area contributed by atoms with E-state index in [1.165, 1.54) is 46.9 Å². The Balaban J connectivity index is 1.50. The average molecular weight is 483 g/mol. The summed E-state index contributed by atoms with van der Waals surface area (Å²) >= 11 is 11.7. The van der Waals surface area contributed by atoms with Crippen molar-refractivity contribution in [3.63, 3.8) is 0 Å². The lowest BCUT2D eigenvalue weighted by Crippen LogP contribution is -2.48. The van der Waals surface area contributed by atoms with E-state index in [1.807, 2.05) is 4.90 Å².